The van der Waals surface area contributed by atoms with Crippen LogP contribution in [0.15, 0.2) is 4.99 Å². The van der Waals surface area contributed by atoms with Gasteiger partial charge in [-0.05, 0) is 38.5 Å². The van der Waals surface area contributed by atoms with Crippen LogP contribution < -0.4 is 10.6 Å². The van der Waals surface area contributed by atoms with Gasteiger partial charge in [0.25, 0.3) is 0 Å². The minimum absolute atomic E-state index is 0.239. The molecule has 2 aliphatic carbocycles. The Morgan fingerprint density at radius 3 is 2.32 bits per heavy atom. The lowest BCUT2D eigenvalue weighted by Crippen LogP contribution is -2.49. The zero-order valence-electron chi connectivity index (χ0n) is 18.4. The highest BCUT2D eigenvalue weighted by Crippen LogP contribution is 2.38. The molecule has 6 nitrogen and oxygen atoms in total. The second-order valence-corrected chi connectivity index (χ2v) is 8.73. The molecule has 162 valence electrons. The molecule has 0 aromatic carbocycles. The molecular formula is C22H42N4O2. The van der Waals surface area contributed by atoms with Crippen molar-refractivity contribution in [2.75, 3.05) is 40.8 Å². The van der Waals surface area contributed by atoms with E-state index in [4.69, 9.17) is 4.74 Å². The minimum Gasteiger partial charge on any atom is -0.378 e. The fourth-order valence-electron chi connectivity index (χ4n) is 4.56. The van der Waals surface area contributed by atoms with Crippen LogP contribution in [-0.4, -0.2) is 63.7 Å². The van der Waals surface area contributed by atoms with Crippen molar-refractivity contribution in [2.45, 2.75) is 83.2 Å². The zero-order valence-corrected chi connectivity index (χ0v) is 18.4. The van der Waals surface area contributed by atoms with E-state index in [9.17, 15) is 4.79 Å². The van der Waals surface area contributed by atoms with Crippen molar-refractivity contribution in [3.63, 3.8) is 0 Å². The molecule has 2 aliphatic rings. The third-order valence-electron chi connectivity index (χ3n) is 6.26. The lowest BCUT2D eigenvalue weighted by Gasteiger charge is -2.31. The number of unbranched alkanes of at least 4 members (excludes halogenated alkanes) is 1. The molecule has 0 bridgehead atoms. The number of hydrogen-bond donors (Lipinski definition) is 2. The smallest absolute Gasteiger partial charge is 0.230 e. The maximum Gasteiger partial charge on any atom is 0.230 e. The van der Waals surface area contributed by atoms with Crippen LogP contribution in [0, 0.1) is 5.41 Å². The number of aliphatic imine (C=N–C) groups is 1. The Hall–Kier alpha value is -1.30. The lowest BCUT2D eigenvalue weighted by atomic mass is 9.84. The number of amides is 1. The Morgan fingerprint density at radius 1 is 1.04 bits per heavy atom. The van der Waals surface area contributed by atoms with E-state index in [1.54, 1.807) is 11.9 Å². The molecule has 0 aromatic rings. The number of rotatable bonds is 9. The largest absolute Gasteiger partial charge is 0.378 e. The first-order valence-corrected chi connectivity index (χ1v) is 11.4. The molecule has 0 radical (unpaired) electrons. The molecule has 0 unspecified atom stereocenters. The summed E-state index contributed by atoms with van der Waals surface area (Å²) in [5.41, 5.74) is -0.270. The Morgan fingerprint density at radius 2 is 1.71 bits per heavy atom. The number of nitrogens with zero attached hydrogens (tertiary/aromatic N) is 2. The summed E-state index contributed by atoms with van der Waals surface area (Å²) in [5.74, 6) is 1.03. The fourth-order valence-corrected chi connectivity index (χ4v) is 4.56. The van der Waals surface area contributed by atoms with Gasteiger partial charge in [0, 0.05) is 40.8 Å². The van der Waals surface area contributed by atoms with Crippen molar-refractivity contribution in [2.24, 2.45) is 10.4 Å². The summed E-state index contributed by atoms with van der Waals surface area (Å²) in [6, 6.07) is 0. The summed E-state index contributed by atoms with van der Waals surface area (Å²) >= 11 is 0. The van der Waals surface area contributed by atoms with Gasteiger partial charge in [0.05, 0.1) is 11.5 Å². The molecular weight excluding hydrogens is 352 g/mol. The molecule has 0 heterocycles. The Kier molecular flexibility index (Phi) is 10.1. The van der Waals surface area contributed by atoms with Crippen LogP contribution in [0.25, 0.3) is 0 Å². The van der Waals surface area contributed by atoms with Gasteiger partial charge in [-0.1, -0.05) is 38.5 Å². The highest BCUT2D eigenvalue weighted by Gasteiger charge is 2.42. The quantitative estimate of drug-likeness (QED) is 0.272. The van der Waals surface area contributed by atoms with E-state index in [1.807, 2.05) is 14.1 Å². The molecule has 6 heteroatoms. The maximum absolute atomic E-state index is 12.7. The van der Waals surface area contributed by atoms with Crippen LogP contribution >= 0.6 is 0 Å². The topological polar surface area (TPSA) is 66.0 Å². The second-order valence-electron chi connectivity index (χ2n) is 8.73. The van der Waals surface area contributed by atoms with Gasteiger partial charge < -0.3 is 20.3 Å². The van der Waals surface area contributed by atoms with Gasteiger partial charge in [0.15, 0.2) is 5.96 Å². The minimum atomic E-state index is -0.270. The highest BCUT2D eigenvalue weighted by atomic mass is 16.5. The van der Waals surface area contributed by atoms with Crippen molar-refractivity contribution in [1.29, 1.82) is 0 Å². The standard InChI is InChI=1S/C22H42N4O2/c1-23-21(25-18-22(14-8-9-15-22)20(27)26(2)3)24-16-10-11-17-28-19-12-6-4-5-7-13-19/h19H,4-18H2,1-3H3,(H2,23,24,25). The van der Waals surface area contributed by atoms with E-state index < -0.39 is 0 Å². The number of carbonyl (C=O) groups excluding carboxylic acids is 1. The van der Waals surface area contributed by atoms with Crippen molar-refractivity contribution in [3.05, 3.63) is 0 Å². The Bertz CT molecular complexity index is 479. The average molecular weight is 395 g/mol. The molecule has 28 heavy (non-hydrogen) atoms. The van der Waals surface area contributed by atoms with Crippen LogP contribution in [0.1, 0.15) is 77.0 Å². The predicted octanol–water partition coefficient (Wildman–Crippen LogP) is 3.32. The van der Waals surface area contributed by atoms with E-state index in [-0.39, 0.29) is 11.3 Å². The van der Waals surface area contributed by atoms with Gasteiger partial charge in [-0.2, -0.15) is 0 Å². The normalized spacial score (nSPS) is 20.6. The van der Waals surface area contributed by atoms with Crippen LogP contribution in [0.3, 0.4) is 0 Å². The number of carbonyl (C=O) groups is 1. The lowest BCUT2D eigenvalue weighted by molar-refractivity contribution is -0.138. The Balaban J connectivity index is 1.62. The monoisotopic (exact) mass is 394 g/mol. The second kappa shape index (κ2) is 12.3. The van der Waals surface area contributed by atoms with Crippen molar-refractivity contribution >= 4 is 11.9 Å². The summed E-state index contributed by atoms with van der Waals surface area (Å²) in [6.45, 7) is 2.40. The van der Waals surface area contributed by atoms with Crippen LogP contribution in [-0.2, 0) is 9.53 Å². The third-order valence-corrected chi connectivity index (χ3v) is 6.26. The molecule has 2 N–H and O–H groups in total. The number of ether oxygens (including phenoxy) is 1. The van der Waals surface area contributed by atoms with Crippen molar-refractivity contribution < 1.29 is 9.53 Å². The first kappa shape index (κ1) is 23.0. The van der Waals surface area contributed by atoms with Gasteiger partial charge in [-0.15, -0.1) is 0 Å². The maximum atomic E-state index is 12.7. The number of hydrogen-bond acceptors (Lipinski definition) is 3. The molecule has 0 spiro atoms. The first-order valence-electron chi connectivity index (χ1n) is 11.4. The van der Waals surface area contributed by atoms with Gasteiger partial charge >= 0.3 is 0 Å². The van der Waals surface area contributed by atoms with Gasteiger partial charge in [0.2, 0.25) is 5.91 Å². The van der Waals surface area contributed by atoms with Crippen LogP contribution in [0.2, 0.25) is 0 Å². The molecule has 2 fully saturated rings. The summed E-state index contributed by atoms with van der Waals surface area (Å²) in [4.78, 5) is 18.7. The summed E-state index contributed by atoms with van der Waals surface area (Å²) in [5, 5.41) is 6.78. The van der Waals surface area contributed by atoms with E-state index in [0.29, 0.717) is 12.6 Å². The molecule has 0 saturated heterocycles. The number of nitrogens with one attached hydrogen (secondary N) is 2. The fraction of sp³-hybridized carbons (Fsp3) is 0.909. The van der Waals surface area contributed by atoms with Crippen LogP contribution in [0.5, 0.6) is 0 Å². The highest BCUT2D eigenvalue weighted by molar-refractivity contribution is 5.85. The van der Waals surface area contributed by atoms with E-state index >= 15 is 0 Å². The molecule has 2 saturated carbocycles. The van der Waals surface area contributed by atoms with Crippen molar-refractivity contribution in [1.82, 2.24) is 15.5 Å². The van der Waals surface area contributed by atoms with Gasteiger partial charge in [0.1, 0.15) is 0 Å². The molecule has 0 aliphatic heterocycles. The van der Waals surface area contributed by atoms with E-state index in [0.717, 1.165) is 57.6 Å². The number of guanidine groups is 1. The summed E-state index contributed by atoms with van der Waals surface area (Å²) in [7, 11) is 5.50. The summed E-state index contributed by atoms with van der Waals surface area (Å²) in [6.07, 6.45) is 14.7. The summed E-state index contributed by atoms with van der Waals surface area (Å²) < 4.78 is 6.06. The van der Waals surface area contributed by atoms with Crippen LogP contribution in [0.4, 0.5) is 0 Å². The average Bonchev–Trinajstić information content (AvgIpc) is 3.03. The SMILES string of the molecule is CN=C(NCCCCOC1CCCCCC1)NCC1(C(=O)N(C)C)CCCC1. The predicted molar refractivity (Wildman–Crippen MR) is 116 cm³/mol. The van der Waals surface area contributed by atoms with E-state index in [2.05, 4.69) is 15.6 Å². The zero-order chi connectivity index (χ0) is 20.2. The van der Waals surface area contributed by atoms with Gasteiger partial charge in [-0.3, -0.25) is 9.79 Å². The molecule has 2 rings (SSSR count). The first-order chi connectivity index (χ1) is 13.6. The third kappa shape index (κ3) is 7.26. The van der Waals surface area contributed by atoms with E-state index in [1.165, 1.54) is 38.5 Å². The molecule has 1 amide bonds. The Labute approximate surface area is 171 Å². The molecule has 0 aromatic heterocycles. The van der Waals surface area contributed by atoms with Crippen molar-refractivity contribution in [3.8, 4) is 0 Å². The van der Waals surface area contributed by atoms with Gasteiger partial charge in [-0.25, -0.2) is 0 Å². The molecule has 0 atom stereocenters.